The van der Waals surface area contributed by atoms with Crippen LogP contribution in [0.1, 0.15) is 37.6 Å². The van der Waals surface area contributed by atoms with Crippen LogP contribution >= 0.6 is 0 Å². The summed E-state index contributed by atoms with van der Waals surface area (Å²) >= 11 is 0. The van der Waals surface area contributed by atoms with Crippen molar-refractivity contribution in [3.63, 3.8) is 0 Å². The topological polar surface area (TPSA) is 105 Å². The zero-order chi connectivity index (χ0) is 20.0. The van der Waals surface area contributed by atoms with Crippen LogP contribution in [-0.4, -0.2) is 59.8 Å². The van der Waals surface area contributed by atoms with Gasteiger partial charge >= 0.3 is 12.0 Å². The second-order valence-electron chi connectivity index (χ2n) is 6.79. The van der Waals surface area contributed by atoms with E-state index in [0.717, 1.165) is 4.90 Å². The molecular weight excluding hydrogens is 352 g/mol. The lowest BCUT2D eigenvalue weighted by Crippen LogP contribution is -2.40. The Morgan fingerprint density at radius 1 is 1.26 bits per heavy atom. The lowest BCUT2D eigenvalue weighted by atomic mass is 10.0. The maximum absolute atomic E-state index is 12.3. The summed E-state index contributed by atoms with van der Waals surface area (Å²) in [6.45, 7) is 5.73. The molecule has 0 bridgehead atoms. The first-order chi connectivity index (χ1) is 12.8. The lowest BCUT2D eigenvalue weighted by molar-refractivity contribution is -0.128. The van der Waals surface area contributed by atoms with Crippen molar-refractivity contribution >= 4 is 17.9 Å². The molecule has 1 heterocycles. The summed E-state index contributed by atoms with van der Waals surface area (Å²) in [6.07, 6.45) is -0.470. The highest BCUT2D eigenvalue weighted by molar-refractivity contribution is 6.04. The average molecular weight is 378 g/mol. The molecule has 3 amide bonds. The van der Waals surface area contributed by atoms with Gasteiger partial charge < -0.3 is 19.9 Å². The monoisotopic (exact) mass is 378 g/mol. The molecule has 2 atom stereocenters. The van der Waals surface area contributed by atoms with Gasteiger partial charge in [-0.05, 0) is 43.5 Å². The van der Waals surface area contributed by atoms with Crippen LogP contribution in [0.4, 0.5) is 4.79 Å². The standard InChI is InChI=1S/C19H26N2O6/c1-4-26-18(24)13-5-7-15(8-6-13)27-11-14(22)10-21-17(23)16(9-12(2)3)20-19(21)25/h5-8,12,14,16,22H,4,9-11H2,1-3H3,(H,20,25). The van der Waals surface area contributed by atoms with E-state index in [2.05, 4.69) is 5.32 Å². The number of hydrogen-bond acceptors (Lipinski definition) is 6. The van der Waals surface area contributed by atoms with Gasteiger partial charge in [0.05, 0.1) is 18.7 Å². The first-order valence-electron chi connectivity index (χ1n) is 9.01. The van der Waals surface area contributed by atoms with Crippen molar-refractivity contribution in [2.75, 3.05) is 19.8 Å². The summed E-state index contributed by atoms with van der Waals surface area (Å²) in [5.41, 5.74) is 0.403. The molecule has 148 valence electrons. The Labute approximate surface area is 158 Å². The molecule has 0 saturated carbocycles. The van der Waals surface area contributed by atoms with E-state index in [9.17, 15) is 19.5 Å². The van der Waals surface area contributed by atoms with Gasteiger partial charge in [0.15, 0.2) is 0 Å². The van der Waals surface area contributed by atoms with Crippen molar-refractivity contribution in [1.82, 2.24) is 10.2 Å². The molecule has 0 radical (unpaired) electrons. The SMILES string of the molecule is CCOC(=O)c1ccc(OCC(O)CN2C(=O)NC(CC(C)C)C2=O)cc1. The van der Waals surface area contributed by atoms with E-state index in [4.69, 9.17) is 9.47 Å². The minimum absolute atomic E-state index is 0.0926. The molecule has 0 aliphatic carbocycles. The zero-order valence-corrected chi connectivity index (χ0v) is 15.8. The third-order valence-corrected chi connectivity index (χ3v) is 4.02. The number of β-amino-alcohol motifs (C(OH)–C–C–N with tert-alkyl or cyclic N) is 1. The molecule has 8 heteroatoms. The van der Waals surface area contributed by atoms with Crippen LogP contribution in [0.3, 0.4) is 0 Å². The van der Waals surface area contributed by atoms with E-state index in [1.165, 1.54) is 0 Å². The van der Waals surface area contributed by atoms with Gasteiger partial charge in [-0.15, -0.1) is 0 Å². The number of urea groups is 1. The van der Waals surface area contributed by atoms with Crippen LogP contribution < -0.4 is 10.1 Å². The van der Waals surface area contributed by atoms with Crippen LogP contribution in [0.2, 0.25) is 0 Å². The average Bonchev–Trinajstić information content (AvgIpc) is 2.87. The highest BCUT2D eigenvalue weighted by Crippen LogP contribution is 2.16. The number of carbonyl (C=O) groups is 3. The number of amides is 3. The molecule has 1 aliphatic rings. The Morgan fingerprint density at radius 2 is 1.93 bits per heavy atom. The molecule has 0 aromatic heterocycles. The minimum atomic E-state index is -1.03. The maximum Gasteiger partial charge on any atom is 0.338 e. The van der Waals surface area contributed by atoms with Crippen molar-refractivity contribution in [3.05, 3.63) is 29.8 Å². The number of imide groups is 1. The fourth-order valence-corrected chi connectivity index (χ4v) is 2.74. The van der Waals surface area contributed by atoms with Gasteiger partial charge in [0, 0.05) is 0 Å². The fraction of sp³-hybridized carbons (Fsp3) is 0.526. The number of ether oxygens (including phenoxy) is 2. The molecule has 8 nitrogen and oxygen atoms in total. The van der Waals surface area contributed by atoms with Crippen LogP contribution in [-0.2, 0) is 9.53 Å². The fourth-order valence-electron chi connectivity index (χ4n) is 2.74. The van der Waals surface area contributed by atoms with E-state index >= 15 is 0 Å². The van der Waals surface area contributed by atoms with Crippen LogP contribution in [0, 0.1) is 5.92 Å². The molecule has 2 rings (SSSR count). The van der Waals surface area contributed by atoms with E-state index < -0.39 is 24.1 Å². The Hall–Kier alpha value is -2.61. The van der Waals surface area contributed by atoms with Gasteiger partial charge in [0.2, 0.25) is 0 Å². The predicted octanol–water partition coefficient (Wildman–Crippen LogP) is 1.57. The number of benzene rings is 1. The third-order valence-electron chi connectivity index (χ3n) is 4.02. The smallest absolute Gasteiger partial charge is 0.338 e. The Kier molecular flexibility index (Phi) is 7.18. The first-order valence-corrected chi connectivity index (χ1v) is 9.01. The number of hydrogen-bond donors (Lipinski definition) is 2. The molecule has 1 aromatic rings. The highest BCUT2D eigenvalue weighted by atomic mass is 16.5. The normalized spacial score (nSPS) is 17.8. The van der Waals surface area contributed by atoms with E-state index in [1.54, 1.807) is 31.2 Å². The predicted molar refractivity (Wildman–Crippen MR) is 97.4 cm³/mol. The van der Waals surface area contributed by atoms with E-state index in [0.29, 0.717) is 24.3 Å². The van der Waals surface area contributed by atoms with Gasteiger partial charge in [0.25, 0.3) is 5.91 Å². The van der Waals surface area contributed by atoms with Crippen molar-refractivity contribution in [2.45, 2.75) is 39.3 Å². The van der Waals surface area contributed by atoms with Crippen LogP contribution in [0.15, 0.2) is 24.3 Å². The number of nitrogens with one attached hydrogen (secondary N) is 1. The number of carbonyl (C=O) groups excluding carboxylic acids is 3. The summed E-state index contributed by atoms with van der Waals surface area (Å²) in [7, 11) is 0. The lowest BCUT2D eigenvalue weighted by Gasteiger charge is -2.18. The number of aliphatic hydroxyl groups excluding tert-OH is 1. The Bertz CT molecular complexity index is 673. The molecule has 2 N–H and O–H groups in total. The van der Waals surface area contributed by atoms with Crippen molar-refractivity contribution < 1.29 is 29.0 Å². The largest absolute Gasteiger partial charge is 0.491 e. The maximum atomic E-state index is 12.3. The quantitative estimate of drug-likeness (QED) is 0.499. The van der Waals surface area contributed by atoms with Gasteiger partial charge in [-0.1, -0.05) is 13.8 Å². The molecule has 2 unspecified atom stereocenters. The number of aliphatic hydroxyl groups is 1. The van der Waals surface area contributed by atoms with E-state index in [1.807, 2.05) is 13.8 Å². The zero-order valence-electron chi connectivity index (χ0n) is 15.8. The molecule has 0 spiro atoms. The van der Waals surface area contributed by atoms with Gasteiger partial charge in [-0.2, -0.15) is 0 Å². The summed E-state index contributed by atoms with van der Waals surface area (Å²) in [5.74, 6) is -0.0212. The summed E-state index contributed by atoms with van der Waals surface area (Å²) in [5, 5.41) is 12.7. The third kappa shape index (κ3) is 5.68. The van der Waals surface area contributed by atoms with Crippen molar-refractivity contribution in [1.29, 1.82) is 0 Å². The summed E-state index contributed by atoms with van der Waals surface area (Å²) in [6, 6.07) is 5.27. The Morgan fingerprint density at radius 3 is 2.52 bits per heavy atom. The van der Waals surface area contributed by atoms with E-state index in [-0.39, 0.29) is 25.0 Å². The molecule has 1 aromatic carbocycles. The first kappa shape index (κ1) is 20.7. The van der Waals surface area contributed by atoms with Crippen molar-refractivity contribution in [3.8, 4) is 5.75 Å². The number of nitrogens with zero attached hydrogens (tertiary/aromatic N) is 1. The number of rotatable bonds is 9. The molecule has 1 aliphatic heterocycles. The molecular formula is C19H26N2O6. The van der Waals surface area contributed by atoms with Gasteiger partial charge in [-0.25, -0.2) is 9.59 Å². The second-order valence-corrected chi connectivity index (χ2v) is 6.79. The Balaban J connectivity index is 1.84. The number of esters is 1. The van der Waals surface area contributed by atoms with Crippen LogP contribution in [0.25, 0.3) is 0 Å². The summed E-state index contributed by atoms with van der Waals surface area (Å²) < 4.78 is 10.4. The molecule has 1 fully saturated rings. The van der Waals surface area contributed by atoms with Gasteiger partial charge in [-0.3, -0.25) is 9.69 Å². The highest BCUT2D eigenvalue weighted by Gasteiger charge is 2.38. The molecule has 27 heavy (non-hydrogen) atoms. The van der Waals surface area contributed by atoms with Crippen molar-refractivity contribution in [2.24, 2.45) is 5.92 Å². The minimum Gasteiger partial charge on any atom is -0.491 e. The molecule has 1 saturated heterocycles. The summed E-state index contributed by atoms with van der Waals surface area (Å²) in [4.78, 5) is 36.8. The van der Waals surface area contributed by atoms with Crippen LogP contribution in [0.5, 0.6) is 5.75 Å². The second kappa shape index (κ2) is 9.36. The van der Waals surface area contributed by atoms with Gasteiger partial charge in [0.1, 0.15) is 24.5 Å².